The highest BCUT2D eigenvalue weighted by atomic mass is 19.1. The minimum atomic E-state index is -1.37. The van der Waals surface area contributed by atoms with Crippen LogP contribution in [0.25, 0.3) is 11.0 Å². The number of hydrogen-bond acceptors (Lipinski definition) is 5. The van der Waals surface area contributed by atoms with Gasteiger partial charge in [-0.25, -0.2) is 19.0 Å². The molecule has 8 nitrogen and oxygen atoms in total. The first-order chi connectivity index (χ1) is 20.4. The van der Waals surface area contributed by atoms with Gasteiger partial charge >= 0.3 is 11.7 Å². The van der Waals surface area contributed by atoms with E-state index in [-0.39, 0.29) is 17.8 Å². The van der Waals surface area contributed by atoms with Crippen molar-refractivity contribution in [1.29, 1.82) is 0 Å². The number of aryl methyl sites for hydroxylation is 1. The normalized spacial score (nSPS) is 14.6. The molecule has 1 aliphatic heterocycles. The van der Waals surface area contributed by atoms with E-state index in [1.54, 1.807) is 72.8 Å². The maximum absolute atomic E-state index is 15.1. The number of rotatable bonds is 5. The average Bonchev–Trinajstić information content (AvgIpc) is 3.08. The molecule has 0 saturated carbocycles. The summed E-state index contributed by atoms with van der Waals surface area (Å²) in [6.45, 7) is 2.02. The van der Waals surface area contributed by atoms with E-state index in [9.17, 15) is 14.4 Å². The fourth-order valence-electron chi connectivity index (χ4n) is 4.97. The lowest BCUT2D eigenvalue weighted by molar-refractivity contribution is -0.120. The van der Waals surface area contributed by atoms with Gasteiger partial charge in [0.1, 0.15) is 11.4 Å². The van der Waals surface area contributed by atoms with Crippen LogP contribution in [0.4, 0.5) is 20.6 Å². The number of carbonyl (C=O) groups is 2. The number of hydrogen-bond donors (Lipinski definition) is 2. The highest BCUT2D eigenvalue weighted by Crippen LogP contribution is 2.31. The topological polar surface area (TPSA) is 104 Å². The summed E-state index contributed by atoms with van der Waals surface area (Å²) in [5, 5.41) is 6.12. The molecule has 4 aromatic carbocycles. The predicted molar refractivity (Wildman–Crippen MR) is 159 cm³/mol. The summed E-state index contributed by atoms with van der Waals surface area (Å²) in [4.78, 5) is 45.0. The Hall–Kier alpha value is -5.57. The van der Waals surface area contributed by atoms with Gasteiger partial charge in [-0.2, -0.15) is 0 Å². The molecule has 42 heavy (non-hydrogen) atoms. The van der Waals surface area contributed by atoms with Gasteiger partial charge in [0, 0.05) is 28.3 Å². The number of urea groups is 1. The first-order valence-corrected chi connectivity index (χ1v) is 13.3. The van der Waals surface area contributed by atoms with Gasteiger partial charge in [0.2, 0.25) is 6.17 Å². The van der Waals surface area contributed by atoms with Crippen molar-refractivity contribution in [3.05, 3.63) is 142 Å². The van der Waals surface area contributed by atoms with E-state index in [0.717, 1.165) is 11.1 Å². The largest absolute Gasteiger partial charge is 0.423 e. The molecule has 0 unspecified atom stereocenters. The van der Waals surface area contributed by atoms with Gasteiger partial charge in [0.05, 0.1) is 17.9 Å². The summed E-state index contributed by atoms with van der Waals surface area (Å²) in [5.74, 6) is -1.01. The number of amides is 3. The third-order valence-electron chi connectivity index (χ3n) is 6.91. The van der Waals surface area contributed by atoms with Gasteiger partial charge in [-0.05, 0) is 66.6 Å². The number of halogens is 1. The number of fused-ring (bicyclic) bond motifs is 2. The van der Waals surface area contributed by atoms with Crippen LogP contribution in [0.15, 0.2) is 117 Å². The third-order valence-corrected chi connectivity index (χ3v) is 6.91. The van der Waals surface area contributed by atoms with E-state index in [0.29, 0.717) is 27.9 Å². The van der Waals surface area contributed by atoms with E-state index < -0.39 is 29.5 Å². The molecule has 0 saturated heterocycles. The summed E-state index contributed by atoms with van der Waals surface area (Å²) in [6, 6.07) is 28.1. The van der Waals surface area contributed by atoms with Crippen molar-refractivity contribution in [2.24, 2.45) is 4.99 Å². The molecular formula is C33H25FN4O4. The molecule has 9 heteroatoms. The quantitative estimate of drug-likeness (QED) is 0.266. The molecule has 0 spiro atoms. The smallest absolute Gasteiger partial charge is 0.336 e. The van der Waals surface area contributed by atoms with Gasteiger partial charge < -0.3 is 20.0 Å². The van der Waals surface area contributed by atoms with Crippen molar-refractivity contribution in [3.8, 4) is 0 Å². The summed E-state index contributed by atoms with van der Waals surface area (Å²) >= 11 is 0. The van der Waals surface area contributed by atoms with Crippen LogP contribution in [0.2, 0.25) is 0 Å². The molecule has 6 rings (SSSR count). The van der Waals surface area contributed by atoms with Crippen LogP contribution in [0.1, 0.15) is 22.3 Å². The molecule has 208 valence electrons. The van der Waals surface area contributed by atoms with Crippen LogP contribution < -0.4 is 21.2 Å². The van der Waals surface area contributed by atoms with Gasteiger partial charge in [-0.1, -0.05) is 48.5 Å². The first-order valence-electron chi connectivity index (χ1n) is 13.3. The number of aliphatic imine (C=N–C) groups is 1. The molecular weight excluding hydrogens is 535 g/mol. The van der Waals surface area contributed by atoms with E-state index >= 15 is 4.39 Å². The number of nitrogens with one attached hydrogen (secondary N) is 2. The highest BCUT2D eigenvalue weighted by Gasteiger charge is 2.33. The highest BCUT2D eigenvalue weighted by molar-refractivity contribution is 6.20. The molecule has 1 aromatic heterocycles. The summed E-state index contributed by atoms with van der Waals surface area (Å²) < 4.78 is 20.4. The Morgan fingerprint density at radius 2 is 1.69 bits per heavy atom. The Labute approximate surface area is 240 Å². The zero-order chi connectivity index (χ0) is 29.2. The van der Waals surface area contributed by atoms with Gasteiger partial charge in [0.15, 0.2) is 0 Å². The van der Waals surface area contributed by atoms with Crippen molar-refractivity contribution in [2.45, 2.75) is 19.6 Å². The van der Waals surface area contributed by atoms with E-state index in [2.05, 4.69) is 15.6 Å². The number of carbonyl (C=O) groups excluding carboxylic acids is 2. The molecule has 0 fully saturated rings. The van der Waals surface area contributed by atoms with E-state index in [1.165, 1.54) is 17.0 Å². The second kappa shape index (κ2) is 11.1. The Bertz CT molecular complexity index is 1930. The fourth-order valence-corrected chi connectivity index (χ4v) is 4.97. The van der Waals surface area contributed by atoms with Gasteiger partial charge in [-0.3, -0.25) is 4.79 Å². The van der Waals surface area contributed by atoms with Gasteiger partial charge in [-0.15, -0.1) is 0 Å². The standard InChI is InChI=1S/C33H25FN4O4/c1-20-7-6-8-23(17-20)35-33(41)37-31-32(40)38(19-21-13-15-28-22(18-21)14-16-29(39)42-28)27-12-5-3-10-25(27)30(36-31)24-9-2-4-11-26(24)34/h2-18,31H,19H2,1H3,(H2,35,37,41)/t31-/m0/s1. The first kappa shape index (κ1) is 26.6. The minimum Gasteiger partial charge on any atom is -0.423 e. The predicted octanol–water partition coefficient (Wildman–Crippen LogP) is 5.77. The van der Waals surface area contributed by atoms with E-state index in [1.807, 2.05) is 25.1 Å². The van der Waals surface area contributed by atoms with Crippen LogP contribution >= 0.6 is 0 Å². The lowest BCUT2D eigenvalue weighted by Crippen LogP contribution is -2.48. The maximum Gasteiger partial charge on any atom is 0.336 e. The van der Waals surface area contributed by atoms with E-state index in [4.69, 9.17) is 4.42 Å². The monoisotopic (exact) mass is 560 g/mol. The second-order valence-corrected chi connectivity index (χ2v) is 9.90. The molecule has 0 radical (unpaired) electrons. The van der Waals surface area contributed by atoms with Crippen LogP contribution in [0, 0.1) is 12.7 Å². The molecule has 1 atom stereocenters. The van der Waals surface area contributed by atoms with Crippen molar-refractivity contribution in [1.82, 2.24) is 5.32 Å². The van der Waals surface area contributed by atoms with Crippen LogP contribution in [0.5, 0.6) is 0 Å². The summed E-state index contributed by atoms with van der Waals surface area (Å²) in [6.07, 6.45) is -1.37. The van der Waals surface area contributed by atoms with Crippen LogP contribution in [0.3, 0.4) is 0 Å². The SMILES string of the molecule is Cc1cccc(NC(=O)N[C@@H]2N=C(c3ccccc3F)c3ccccc3N(Cc3ccc4oc(=O)ccc4c3)C2=O)c1. The molecule has 0 aliphatic carbocycles. The van der Waals surface area contributed by atoms with Crippen molar-refractivity contribution < 1.29 is 18.4 Å². The Balaban J connectivity index is 1.42. The molecule has 2 N–H and O–H groups in total. The third kappa shape index (κ3) is 5.40. The van der Waals surface area contributed by atoms with Gasteiger partial charge in [0.25, 0.3) is 5.91 Å². The zero-order valence-electron chi connectivity index (χ0n) is 22.5. The summed E-state index contributed by atoms with van der Waals surface area (Å²) in [7, 11) is 0. The van der Waals surface area contributed by atoms with Crippen LogP contribution in [-0.2, 0) is 11.3 Å². The molecule has 0 bridgehead atoms. The van der Waals surface area contributed by atoms with Crippen molar-refractivity contribution >= 4 is 40.0 Å². The number of benzodiazepines with no additional fused rings is 1. The maximum atomic E-state index is 15.1. The molecule has 1 aliphatic rings. The van der Waals surface area contributed by atoms with Crippen LogP contribution in [-0.4, -0.2) is 23.8 Å². The molecule has 3 amide bonds. The Kier molecular flexibility index (Phi) is 7.06. The minimum absolute atomic E-state index is 0.114. The fraction of sp³-hybridized carbons (Fsp3) is 0.0909. The number of para-hydroxylation sites is 1. The summed E-state index contributed by atoms with van der Waals surface area (Å²) in [5.41, 5.74) is 3.70. The Morgan fingerprint density at radius 1 is 0.905 bits per heavy atom. The van der Waals surface area contributed by atoms with Crippen molar-refractivity contribution in [3.63, 3.8) is 0 Å². The number of benzene rings is 4. The lowest BCUT2D eigenvalue weighted by atomic mass is 9.99. The lowest BCUT2D eigenvalue weighted by Gasteiger charge is -2.26. The average molecular weight is 561 g/mol. The second-order valence-electron chi connectivity index (χ2n) is 9.90. The Morgan fingerprint density at radius 3 is 2.50 bits per heavy atom. The number of nitrogens with zero attached hydrogens (tertiary/aromatic N) is 2. The molecule has 2 heterocycles. The van der Waals surface area contributed by atoms with Crippen molar-refractivity contribution in [2.75, 3.05) is 10.2 Å². The number of anilines is 2. The zero-order valence-corrected chi connectivity index (χ0v) is 22.5. The molecule has 5 aromatic rings.